The number of nitrogens with one attached hydrogen (secondary N) is 1. The van der Waals surface area contributed by atoms with Gasteiger partial charge in [-0.15, -0.1) is 0 Å². The Labute approximate surface area is 120 Å². The lowest BCUT2D eigenvalue weighted by Gasteiger charge is -2.14. The number of pyridine rings is 1. The molecule has 1 aromatic carbocycles. The maximum absolute atomic E-state index is 6.02. The van der Waals surface area contributed by atoms with Gasteiger partial charge in [0.25, 0.3) is 0 Å². The third-order valence-corrected chi connectivity index (χ3v) is 4.09. The molecule has 0 fully saturated rings. The SMILES string of the molecule is Clc1ccc2c(c1)CC(Nc1cccnc1Br)C2. The number of rotatable bonds is 2. The van der Waals surface area contributed by atoms with Crippen molar-refractivity contribution in [3.63, 3.8) is 0 Å². The summed E-state index contributed by atoms with van der Waals surface area (Å²) in [5, 5.41) is 4.34. The van der Waals surface area contributed by atoms with E-state index in [4.69, 9.17) is 11.6 Å². The fraction of sp³-hybridized carbons (Fsp3) is 0.214. The van der Waals surface area contributed by atoms with Gasteiger partial charge in [0.1, 0.15) is 4.60 Å². The average molecular weight is 324 g/mol. The molecule has 0 saturated carbocycles. The van der Waals surface area contributed by atoms with E-state index in [0.717, 1.165) is 28.2 Å². The summed E-state index contributed by atoms with van der Waals surface area (Å²) in [5.41, 5.74) is 3.78. The summed E-state index contributed by atoms with van der Waals surface area (Å²) in [6.07, 6.45) is 3.82. The van der Waals surface area contributed by atoms with Gasteiger partial charge in [-0.2, -0.15) is 0 Å². The average Bonchev–Trinajstić information content (AvgIpc) is 2.73. The summed E-state index contributed by atoms with van der Waals surface area (Å²) in [6, 6.07) is 10.5. The normalized spacial score (nSPS) is 17.6. The van der Waals surface area contributed by atoms with Gasteiger partial charge in [0.2, 0.25) is 0 Å². The van der Waals surface area contributed by atoms with Crippen LogP contribution in [0.4, 0.5) is 5.69 Å². The van der Waals surface area contributed by atoms with Crippen LogP contribution in [-0.4, -0.2) is 11.0 Å². The monoisotopic (exact) mass is 322 g/mol. The van der Waals surface area contributed by atoms with E-state index in [2.05, 4.69) is 38.4 Å². The summed E-state index contributed by atoms with van der Waals surface area (Å²) in [7, 11) is 0. The number of aromatic nitrogens is 1. The first-order valence-electron chi connectivity index (χ1n) is 5.87. The Kier molecular flexibility index (Phi) is 3.27. The van der Waals surface area contributed by atoms with Crippen molar-refractivity contribution in [2.75, 3.05) is 5.32 Å². The van der Waals surface area contributed by atoms with Gasteiger partial charge in [-0.1, -0.05) is 17.7 Å². The molecule has 3 rings (SSSR count). The first-order chi connectivity index (χ1) is 8.72. The predicted molar refractivity (Wildman–Crippen MR) is 78.2 cm³/mol. The lowest BCUT2D eigenvalue weighted by Crippen LogP contribution is -2.19. The molecule has 0 spiro atoms. The van der Waals surface area contributed by atoms with Crippen LogP contribution in [0.15, 0.2) is 41.1 Å². The van der Waals surface area contributed by atoms with E-state index in [9.17, 15) is 0 Å². The molecule has 2 nitrogen and oxygen atoms in total. The third kappa shape index (κ3) is 2.38. The second kappa shape index (κ2) is 4.90. The van der Waals surface area contributed by atoms with Crippen LogP contribution in [-0.2, 0) is 12.8 Å². The zero-order valence-electron chi connectivity index (χ0n) is 9.66. The van der Waals surface area contributed by atoms with Crippen molar-refractivity contribution in [1.29, 1.82) is 0 Å². The summed E-state index contributed by atoms with van der Waals surface area (Å²) in [6.45, 7) is 0. The molecule has 0 bridgehead atoms. The second-order valence-corrected chi connectivity index (χ2v) is 5.69. The lowest BCUT2D eigenvalue weighted by atomic mass is 10.1. The molecule has 1 aliphatic carbocycles. The van der Waals surface area contributed by atoms with Gasteiger partial charge >= 0.3 is 0 Å². The van der Waals surface area contributed by atoms with Crippen LogP contribution in [0.3, 0.4) is 0 Å². The minimum absolute atomic E-state index is 0.416. The van der Waals surface area contributed by atoms with Gasteiger partial charge in [0.15, 0.2) is 0 Å². The molecule has 4 heteroatoms. The summed E-state index contributed by atoms with van der Waals surface area (Å²) in [4.78, 5) is 4.22. The molecular formula is C14H12BrClN2. The highest BCUT2D eigenvalue weighted by atomic mass is 79.9. The van der Waals surface area contributed by atoms with Crippen LogP contribution in [0.1, 0.15) is 11.1 Å². The Morgan fingerprint density at radius 2 is 2.06 bits per heavy atom. The van der Waals surface area contributed by atoms with Crippen LogP contribution in [0.25, 0.3) is 0 Å². The largest absolute Gasteiger partial charge is 0.379 e. The highest BCUT2D eigenvalue weighted by Crippen LogP contribution is 2.28. The van der Waals surface area contributed by atoms with Gasteiger partial charge < -0.3 is 5.32 Å². The van der Waals surface area contributed by atoms with Gasteiger partial charge in [-0.25, -0.2) is 4.98 Å². The molecule has 0 radical (unpaired) electrons. The minimum Gasteiger partial charge on any atom is -0.379 e. The number of benzene rings is 1. The zero-order chi connectivity index (χ0) is 12.5. The Hall–Kier alpha value is -1.06. The van der Waals surface area contributed by atoms with E-state index in [1.54, 1.807) is 6.20 Å². The summed E-state index contributed by atoms with van der Waals surface area (Å²) < 4.78 is 0.860. The van der Waals surface area contributed by atoms with Crippen molar-refractivity contribution in [2.24, 2.45) is 0 Å². The third-order valence-electron chi connectivity index (χ3n) is 3.22. The maximum Gasteiger partial charge on any atom is 0.129 e. The number of halogens is 2. The quantitative estimate of drug-likeness (QED) is 0.843. The Morgan fingerprint density at radius 3 is 2.89 bits per heavy atom. The van der Waals surface area contributed by atoms with Crippen molar-refractivity contribution >= 4 is 33.2 Å². The second-order valence-electron chi connectivity index (χ2n) is 4.50. The van der Waals surface area contributed by atoms with Gasteiger partial charge in [0, 0.05) is 17.3 Å². The number of fused-ring (bicyclic) bond motifs is 1. The predicted octanol–water partition coefficient (Wildman–Crippen LogP) is 4.08. The molecule has 1 unspecified atom stereocenters. The van der Waals surface area contributed by atoms with Crippen LogP contribution in [0.2, 0.25) is 5.02 Å². The zero-order valence-corrected chi connectivity index (χ0v) is 12.0. The van der Waals surface area contributed by atoms with Gasteiger partial charge in [-0.05, 0) is 64.2 Å². The summed E-state index contributed by atoms with van der Waals surface area (Å²) in [5.74, 6) is 0. The molecule has 0 aliphatic heterocycles. The van der Waals surface area contributed by atoms with E-state index < -0.39 is 0 Å². The Morgan fingerprint density at radius 1 is 1.22 bits per heavy atom. The molecule has 1 heterocycles. The molecule has 2 aromatic rings. The highest BCUT2D eigenvalue weighted by molar-refractivity contribution is 9.10. The van der Waals surface area contributed by atoms with Crippen molar-refractivity contribution in [3.05, 3.63) is 57.3 Å². The molecule has 18 heavy (non-hydrogen) atoms. The fourth-order valence-corrected chi connectivity index (χ4v) is 2.96. The Bertz CT molecular complexity index is 586. The first-order valence-corrected chi connectivity index (χ1v) is 7.04. The fourth-order valence-electron chi connectivity index (χ4n) is 2.40. The standard InChI is InChI=1S/C14H12BrClN2/c15-14-13(2-1-5-17-14)18-12-7-9-3-4-11(16)6-10(9)8-12/h1-6,12,18H,7-8H2. The molecule has 1 N–H and O–H groups in total. The Balaban J connectivity index is 1.77. The maximum atomic E-state index is 6.02. The molecule has 1 atom stereocenters. The van der Waals surface area contributed by atoms with Gasteiger partial charge in [0.05, 0.1) is 5.69 Å². The van der Waals surface area contributed by atoms with Crippen molar-refractivity contribution in [3.8, 4) is 0 Å². The first kappa shape index (κ1) is 12.0. The number of anilines is 1. The van der Waals surface area contributed by atoms with E-state index >= 15 is 0 Å². The number of nitrogens with zero attached hydrogens (tertiary/aromatic N) is 1. The number of hydrogen-bond donors (Lipinski definition) is 1. The van der Waals surface area contributed by atoms with E-state index in [0.29, 0.717) is 6.04 Å². The van der Waals surface area contributed by atoms with Crippen LogP contribution < -0.4 is 5.32 Å². The molecular weight excluding hydrogens is 312 g/mol. The highest BCUT2D eigenvalue weighted by Gasteiger charge is 2.21. The van der Waals surface area contributed by atoms with E-state index in [1.165, 1.54) is 11.1 Å². The van der Waals surface area contributed by atoms with Crippen molar-refractivity contribution in [1.82, 2.24) is 4.98 Å². The van der Waals surface area contributed by atoms with Crippen LogP contribution >= 0.6 is 27.5 Å². The van der Waals surface area contributed by atoms with Crippen LogP contribution in [0.5, 0.6) is 0 Å². The van der Waals surface area contributed by atoms with Gasteiger partial charge in [-0.3, -0.25) is 0 Å². The molecule has 1 aromatic heterocycles. The smallest absolute Gasteiger partial charge is 0.129 e. The molecule has 0 saturated heterocycles. The van der Waals surface area contributed by atoms with Crippen LogP contribution in [0, 0.1) is 0 Å². The molecule has 92 valence electrons. The van der Waals surface area contributed by atoms with E-state index in [1.807, 2.05) is 18.2 Å². The summed E-state index contributed by atoms with van der Waals surface area (Å²) >= 11 is 9.47. The topological polar surface area (TPSA) is 24.9 Å². The number of hydrogen-bond acceptors (Lipinski definition) is 2. The molecule has 0 amide bonds. The lowest BCUT2D eigenvalue weighted by molar-refractivity contribution is 0.772. The van der Waals surface area contributed by atoms with Crippen molar-refractivity contribution in [2.45, 2.75) is 18.9 Å². The van der Waals surface area contributed by atoms with Crippen molar-refractivity contribution < 1.29 is 0 Å². The minimum atomic E-state index is 0.416. The van der Waals surface area contributed by atoms with E-state index in [-0.39, 0.29) is 0 Å². The molecule has 1 aliphatic rings.